The van der Waals surface area contributed by atoms with Crippen LogP contribution >= 0.6 is 0 Å². The Balaban J connectivity index is 0.933. The van der Waals surface area contributed by atoms with E-state index in [-0.39, 0.29) is 0 Å². The van der Waals surface area contributed by atoms with E-state index in [1.807, 2.05) is 24.3 Å². The lowest BCUT2D eigenvalue weighted by Crippen LogP contribution is -1.82. The van der Waals surface area contributed by atoms with Crippen molar-refractivity contribution in [3.8, 4) is 33.4 Å². The predicted octanol–water partition coefficient (Wildman–Crippen LogP) is 14.3. The van der Waals surface area contributed by atoms with Crippen LogP contribution in [-0.2, 0) is 0 Å². The van der Waals surface area contributed by atoms with Crippen LogP contribution < -0.4 is 0 Å². The van der Waals surface area contributed by atoms with Crippen LogP contribution in [0.5, 0.6) is 0 Å². The molecule has 0 unspecified atom stereocenters. The Morgan fingerprint density at radius 3 is 1.42 bits per heavy atom. The summed E-state index contributed by atoms with van der Waals surface area (Å²) in [6, 6.07) is 55.1. The topological polar surface area (TPSA) is 52.6 Å². The quantitative estimate of drug-likeness (QED) is 0.188. The highest BCUT2D eigenvalue weighted by molar-refractivity contribution is 6.19. The van der Waals surface area contributed by atoms with E-state index in [4.69, 9.17) is 17.7 Å². The van der Waals surface area contributed by atoms with Gasteiger partial charge in [0, 0.05) is 43.1 Å². The first-order chi connectivity index (χ1) is 25.7. The van der Waals surface area contributed by atoms with Crippen LogP contribution in [0.4, 0.5) is 0 Å². The number of para-hydroxylation sites is 1. The molecule has 12 aromatic rings. The normalized spacial score (nSPS) is 12.2. The van der Waals surface area contributed by atoms with E-state index < -0.39 is 0 Å². The fourth-order valence-corrected chi connectivity index (χ4v) is 8.11. The molecule has 4 nitrogen and oxygen atoms in total. The van der Waals surface area contributed by atoms with Gasteiger partial charge in [0.2, 0.25) is 0 Å². The molecule has 4 heterocycles. The summed E-state index contributed by atoms with van der Waals surface area (Å²) < 4.78 is 25.6. The summed E-state index contributed by atoms with van der Waals surface area (Å²) in [7, 11) is 0. The Morgan fingerprint density at radius 1 is 0.212 bits per heavy atom. The van der Waals surface area contributed by atoms with Crippen molar-refractivity contribution < 1.29 is 17.7 Å². The van der Waals surface area contributed by atoms with Gasteiger partial charge in [0.05, 0.1) is 0 Å². The van der Waals surface area contributed by atoms with E-state index in [9.17, 15) is 0 Å². The second-order valence-electron chi connectivity index (χ2n) is 13.6. The third kappa shape index (κ3) is 3.97. The maximum absolute atomic E-state index is 6.54. The van der Waals surface area contributed by atoms with Gasteiger partial charge in [-0.1, -0.05) is 84.9 Å². The molecule has 0 N–H and O–H groups in total. The van der Waals surface area contributed by atoms with Crippen molar-refractivity contribution in [2.45, 2.75) is 0 Å². The van der Waals surface area contributed by atoms with Crippen molar-refractivity contribution in [2.75, 3.05) is 0 Å². The van der Waals surface area contributed by atoms with Gasteiger partial charge < -0.3 is 17.7 Å². The Labute approximate surface area is 295 Å². The zero-order valence-electron chi connectivity index (χ0n) is 27.6. The monoisotopic (exact) mass is 666 g/mol. The van der Waals surface area contributed by atoms with Crippen molar-refractivity contribution in [1.29, 1.82) is 0 Å². The van der Waals surface area contributed by atoms with E-state index in [1.54, 1.807) is 0 Å². The fourth-order valence-electron chi connectivity index (χ4n) is 8.11. The highest BCUT2D eigenvalue weighted by Gasteiger charge is 2.18. The molecule has 0 aliphatic heterocycles. The van der Waals surface area contributed by atoms with Crippen molar-refractivity contribution in [1.82, 2.24) is 0 Å². The van der Waals surface area contributed by atoms with E-state index >= 15 is 0 Å². The highest BCUT2D eigenvalue weighted by atomic mass is 16.4. The van der Waals surface area contributed by atoms with Crippen LogP contribution in [0.15, 0.2) is 175 Å². The standard InChI is InChI=1S/C48H26O4/c1-2-7-27(8-3-1)30-14-19-42-38(22-30)40-26-45-39(25-46(40)49-42)34-16-13-32(24-44(34)50-45)29-10-6-9-28(21-29)31-15-20-43-37(23-31)36-18-17-35-33-11-4-5-12-41(33)51-47(35)48(36)52-43/h1-26H. The lowest BCUT2D eigenvalue weighted by molar-refractivity contribution is 0.633. The number of benzene rings is 8. The van der Waals surface area contributed by atoms with Crippen LogP contribution in [0.3, 0.4) is 0 Å². The molecule has 242 valence electrons. The fraction of sp³-hybridized carbons (Fsp3) is 0. The van der Waals surface area contributed by atoms with Gasteiger partial charge in [-0.2, -0.15) is 0 Å². The molecular weight excluding hydrogens is 641 g/mol. The first kappa shape index (κ1) is 27.7. The van der Waals surface area contributed by atoms with Crippen molar-refractivity contribution in [2.24, 2.45) is 0 Å². The number of hydrogen-bond acceptors (Lipinski definition) is 4. The molecule has 4 aromatic heterocycles. The molecule has 0 amide bonds. The molecule has 8 aromatic carbocycles. The van der Waals surface area contributed by atoms with Crippen LogP contribution in [0.1, 0.15) is 0 Å². The van der Waals surface area contributed by atoms with Gasteiger partial charge in [-0.3, -0.25) is 0 Å². The van der Waals surface area contributed by atoms with E-state index in [0.717, 1.165) is 116 Å². The zero-order chi connectivity index (χ0) is 33.9. The van der Waals surface area contributed by atoms with Crippen molar-refractivity contribution in [3.63, 3.8) is 0 Å². The molecule has 0 fully saturated rings. The van der Waals surface area contributed by atoms with Crippen molar-refractivity contribution in [3.05, 3.63) is 158 Å². The molecule has 0 aliphatic carbocycles. The summed E-state index contributed by atoms with van der Waals surface area (Å²) >= 11 is 0. The summed E-state index contributed by atoms with van der Waals surface area (Å²) in [6.45, 7) is 0. The first-order valence-corrected chi connectivity index (χ1v) is 17.5. The summed E-state index contributed by atoms with van der Waals surface area (Å²) in [4.78, 5) is 0. The number of hydrogen-bond donors (Lipinski definition) is 0. The van der Waals surface area contributed by atoms with E-state index in [2.05, 4.69) is 133 Å². The highest BCUT2D eigenvalue weighted by Crippen LogP contribution is 2.42. The summed E-state index contributed by atoms with van der Waals surface area (Å²) in [5.41, 5.74) is 13.5. The first-order valence-electron chi connectivity index (χ1n) is 17.5. The lowest BCUT2D eigenvalue weighted by atomic mass is 9.97. The molecule has 0 aliphatic rings. The largest absolute Gasteiger partial charge is 0.456 e. The third-order valence-electron chi connectivity index (χ3n) is 10.7. The van der Waals surface area contributed by atoms with Gasteiger partial charge in [-0.25, -0.2) is 0 Å². The van der Waals surface area contributed by atoms with Gasteiger partial charge in [0.1, 0.15) is 33.5 Å². The van der Waals surface area contributed by atoms with Gasteiger partial charge in [-0.05, 0) is 106 Å². The van der Waals surface area contributed by atoms with Gasteiger partial charge in [0.25, 0.3) is 0 Å². The Bertz CT molecular complexity index is 3410. The van der Waals surface area contributed by atoms with Gasteiger partial charge in [-0.15, -0.1) is 0 Å². The van der Waals surface area contributed by atoms with Crippen LogP contribution in [0.25, 0.3) is 121 Å². The minimum Gasteiger partial charge on any atom is -0.456 e. The SMILES string of the molecule is c1ccc(-c2ccc3oc4cc5c(cc4c3c2)oc2cc(-c3cccc(-c4ccc6oc7c(ccc8c9ccccc9oc87)c6c4)c3)ccc25)cc1. The molecular formula is C48H26O4. The summed E-state index contributed by atoms with van der Waals surface area (Å²) in [5.74, 6) is 0. The summed E-state index contributed by atoms with van der Waals surface area (Å²) in [5, 5.41) is 8.53. The number of fused-ring (bicyclic) bond motifs is 13. The minimum atomic E-state index is 0.784. The second kappa shape index (κ2) is 10.3. The molecule has 0 radical (unpaired) electrons. The minimum absolute atomic E-state index is 0.784. The number of furan rings is 4. The Hall–Kier alpha value is -7.04. The maximum Gasteiger partial charge on any atom is 0.178 e. The maximum atomic E-state index is 6.54. The van der Waals surface area contributed by atoms with Crippen molar-refractivity contribution >= 4 is 87.8 Å². The number of rotatable bonds is 3. The average molecular weight is 667 g/mol. The third-order valence-corrected chi connectivity index (χ3v) is 10.7. The molecule has 0 atom stereocenters. The van der Waals surface area contributed by atoms with Gasteiger partial charge in [0.15, 0.2) is 11.2 Å². The van der Waals surface area contributed by atoms with E-state index in [0.29, 0.717) is 0 Å². The van der Waals surface area contributed by atoms with E-state index in [1.165, 1.54) is 5.56 Å². The Morgan fingerprint density at radius 2 is 0.654 bits per heavy atom. The van der Waals surface area contributed by atoms with Crippen LogP contribution in [0.2, 0.25) is 0 Å². The molecule has 0 bridgehead atoms. The molecule has 52 heavy (non-hydrogen) atoms. The second-order valence-corrected chi connectivity index (χ2v) is 13.6. The molecule has 0 spiro atoms. The average Bonchev–Trinajstić information content (AvgIpc) is 3.96. The summed E-state index contributed by atoms with van der Waals surface area (Å²) in [6.07, 6.45) is 0. The lowest BCUT2D eigenvalue weighted by Gasteiger charge is -2.07. The zero-order valence-corrected chi connectivity index (χ0v) is 27.6. The Kier molecular flexibility index (Phi) is 5.47. The van der Waals surface area contributed by atoms with Crippen LogP contribution in [-0.4, -0.2) is 0 Å². The molecule has 12 rings (SSSR count). The molecule has 0 saturated heterocycles. The molecule has 0 saturated carbocycles. The smallest absolute Gasteiger partial charge is 0.178 e. The molecule has 4 heteroatoms. The van der Waals surface area contributed by atoms with Crippen LogP contribution in [0, 0.1) is 0 Å². The predicted molar refractivity (Wildman–Crippen MR) is 212 cm³/mol. The van der Waals surface area contributed by atoms with Gasteiger partial charge >= 0.3 is 0 Å².